The molecule has 0 atom stereocenters. The molecule has 0 radical (unpaired) electrons. The largest absolute Gasteiger partial charge is 0.314 e. The van der Waals surface area contributed by atoms with E-state index >= 15 is 0 Å². The molecule has 5 nitrogen and oxygen atoms in total. The molecule has 1 aromatic heterocycles. The third kappa shape index (κ3) is 4.13. The van der Waals surface area contributed by atoms with Crippen LogP contribution in [0.5, 0.6) is 0 Å². The summed E-state index contributed by atoms with van der Waals surface area (Å²) >= 11 is 0. The van der Waals surface area contributed by atoms with Crippen molar-refractivity contribution in [1.29, 1.82) is 0 Å². The first-order valence-corrected chi connectivity index (χ1v) is 7.03. The highest BCUT2D eigenvalue weighted by Gasteiger charge is 2.20. The van der Waals surface area contributed by atoms with Crippen molar-refractivity contribution in [3.8, 4) is 11.4 Å². The standard InChI is InChI=1S/C15H23N5/c1-12(2)16-10-15(3,4)11-20-18-14(17-19-20)13-8-6-5-7-9-13/h5-9,12,16H,10-11H2,1-4H3. The summed E-state index contributed by atoms with van der Waals surface area (Å²) in [6.45, 7) is 10.4. The van der Waals surface area contributed by atoms with E-state index in [9.17, 15) is 0 Å². The molecule has 2 rings (SSSR count). The Bertz CT molecular complexity index is 530. The average molecular weight is 273 g/mol. The van der Waals surface area contributed by atoms with Gasteiger partial charge in [0.25, 0.3) is 0 Å². The first kappa shape index (κ1) is 14.7. The van der Waals surface area contributed by atoms with Gasteiger partial charge in [-0.05, 0) is 10.6 Å². The van der Waals surface area contributed by atoms with Crippen LogP contribution >= 0.6 is 0 Å². The Morgan fingerprint density at radius 3 is 2.55 bits per heavy atom. The van der Waals surface area contributed by atoms with Crippen LogP contribution in [0.2, 0.25) is 0 Å². The van der Waals surface area contributed by atoms with Crippen LogP contribution < -0.4 is 5.32 Å². The van der Waals surface area contributed by atoms with E-state index in [1.54, 1.807) is 4.80 Å². The molecule has 1 aromatic carbocycles. The number of hydrogen-bond donors (Lipinski definition) is 1. The number of nitrogens with one attached hydrogen (secondary N) is 1. The summed E-state index contributed by atoms with van der Waals surface area (Å²) in [4.78, 5) is 1.68. The molecule has 2 aromatic rings. The van der Waals surface area contributed by atoms with Crippen molar-refractivity contribution in [3.63, 3.8) is 0 Å². The number of nitrogens with zero attached hydrogens (tertiary/aromatic N) is 4. The molecule has 0 amide bonds. The van der Waals surface area contributed by atoms with Gasteiger partial charge in [-0.25, -0.2) is 0 Å². The fourth-order valence-electron chi connectivity index (χ4n) is 1.93. The van der Waals surface area contributed by atoms with Gasteiger partial charge in [0.15, 0.2) is 0 Å². The Morgan fingerprint density at radius 1 is 1.20 bits per heavy atom. The SMILES string of the molecule is CC(C)NCC(C)(C)Cn1nnc(-c2ccccc2)n1. The molecule has 0 unspecified atom stereocenters. The Morgan fingerprint density at radius 2 is 1.90 bits per heavy atom. The Kier molecular flexibility index (Phi) is 4.49. The molecular formula is C15H23N5. The van der Waals surface area contributed by atoms with Gasteiger partial charge in [0.1, 0.15) is 0 Å². The average Bonchev–Trinajstić information content (AvgIpc) is 2.85. The van der Waals surface area contributed by atoms with Crippen LogP contribution in [0, 0.1) is 5.41 Å². The van der Waals surface area contributed by atoms with E-state index in [1.807, 2.05) is 30.3 Å². The van der Waals surface area contributed by atoms with Crippen molar-refractivity contribution in [2.75, 3.05) is 6.54 Å². The van der Waals surface area contributed by atoms with Crippen LogP contribution in [-0.4, -0.2) is 32.8 Å². The summed E-state index contributed by atoms with van der Waals surface area (Å²) in [7, 11) is 0. The van der Waals surface area contributed by atoms with Gasteiger partial charge in [0, 0.05) is 18.2 Å². The molecule has 0 aliphatic heterocycles. The fraction of sp³-hybridized carbons (Fsp3) is 0.533. The zero-order valence-corrected chi connectivity index (χ0v) is 12.7. The molecule has 20 heavy (non-hydrogen) atoms. The number of rotatable bonds is 6. The van der Waals surface area contributed by atoms with E-state index in [1.165, 1.54) is 0 Å². The fourth-order valence-corrected chi connectivity index (χ4v) is 1.93. The van der Waals surface area contributed by atoms with Crippen LogP contribution in [0.1, 0.15) is 27.7 Å². The molecule has 0 saturated carbocycles. The molecule has 0 bridgehead atoms. The predicted molar refractivity (Wildman–Crippen MR) is 80.2 cm³/mol. The van der Waals surface area contributed by atoms with E-state index in [2.05, 4.69) is 48.4 Å². The summed E-state index contributed by atoms with van der Waals surface area (Å²) < 4.78 is 0. The van der Waals surface area contributed by atoms with E-state index < -0.39 is 0 Å². The minimum absolute atomic E-state index is 0.0823. The molecule has 1 N–H and O–H groups in total. The lowest BCUT2D eigenvalue weighted by molar-refractivity contribution is 0.252. The highest BCUT2D eigenvalue weighted by molar-refractivity contribution is 5.52. The third-order valence-corrected chi connectivity index (χ3v) is 3.04. The minimum atomic E-state index is 0.0823. The van der Waals surface area contributed by atoms with Crippen molar-refractivity contribution >= 4 is 0 Å². The quantitative estimate of drug-likeness (QED) is 0.878. The van der Waals surface area contributed by atoms with E-state index in [0.717, 1.165) is 18.7 Å². The topological polar surface area (TPSA) is 55.6 Å². The van der Waals surface area contributed by atoms with Crippen molar-refractivity contribution in [2.45, 2.75) is 40.3 Å². The Labute approximate surface area is 120 Å². The highest BCUT2D eigenvalue weighted by Crippen LogP contribution is 2.17. The van der Waals surface area contributed by atoms with Gasteiger partial charge in [0.2, 0.25) is 5.82 Å². The van der Waals surface area contributed by atoms with Crippen LogP contribution in [0.15, 0.2) is 30.3 Å². The highest BCUT2D eigenvalue weighted by atomic mass is 15.6. The molecule has 0 aliphatic carbocycles. The van der Waals surface area contributed by atoms with Crippen molar-refractivity contribution in [1.82, 2.24) is 25.5 Å². The maximum atomic E-state index is 4.46. The van der Waals surface area contributed by atoms with Crippen LogP contribution in [0.4, 0.5) is 0 Å². The normalized spacial score (nSPS) is 12.1. The third-order valence-electron chi connectivity index (χ3n) is 3.04. The van der Waals surface area contributed by atoms with Gasteiger partial charge < -0.3 is 5.32 Å². The summed E-state index contributed by atoms with van der Waals surface area (Å²) in [5, 5.41) is 16.2. The predicted octanol–water partition coefficient (Wildman–Crippen LogP) is 2.36. The number of aromatic nitrogens is 4. The molecule has 108 valence electrons. The van der Waals surface area contributed by atoms with Gasteiger partial charge >= 0.3 is 0 Å². The van der Waals surface area contributed by atoms with E-state index in [0.29, 0.717) is 11.9 Å². The van der Waals surface area contributed by atoms with Gasteiger partial charge in [-0.3, -0.25) is 0 Å². The molecule has 0 spiro atoms. The van der Waals surface area contributed by atoms with Crippen molar-refractivity contribution < 1.29 is 0 Å². The lowest BCUT2D eigenvalue weighted by Gasteiger charge is -2.25. The maximum Gasteiger partial charge on any atom is 0.204 e. The monoisotopic (exact) mass is 273 g/mol. The molecule has 0 fully saturated rings. The summed E-state index contributed by atoms with van der Waals surface area (Å²) in [5.41, 5.74) is 1.08. The second-order valence-corrected chi connectivity index (χ2v) is 6.21. The molecule has 0 saturated heterocycles. The molecule has 1 heterocycles. The molecular weight excluding hydrogens is 250 g/mol. The number of hydrogen-bond acceptors (Lipinski definition) is 4. The van der Waals surface area contributed by atoms with Crippen LogP contribution in [0.3, 0.4) is 0 Å². The maximum absolute atomic E-state index is 4.46. The summed E-state index contributed by atoms with van der Waals surface area (Å²) in [6, 6.07) is 10.4. The Hall–Kier alpha value is -1.75. The molecule has 5 heteroatoms. The van der Waals surface area contributed by atoms with E-state index in [-0.39, 0.29) is 5.41 Å². The van der Waals surface area contributed by atoms with E-state index in [4.69, 9.17) is 0 Å². The van der Waals surface area contributed by atoms with Gasteiger partial charge in [0.05, 0.1) is 6.54 Å². The summed E-state index contributed by atoms with van der Waals surface area (Å²) in [6.07, 6.45) is 0. The summed E-state index contributed by atoms with van der Waals surface area (Å²) in [5.74, 6) is 0.679. The second-order valence-electron chi connectivity index (χ2n) is 6.21. The van der Waals surface area contributed by atoms with Crippen LogP contribution in [-0.2, 0) is 6.54 Å². The van der Waals surface area contributed by atoms with Crippen LogP contribution in [0.25, 0.3) is 11.4 Å². The zero-order valence-electron chi connectivity index (χ0n) is 12.7. The first-order valence-electron chi connectivity index (χ1n) is 7.03. The van der Waals surface area contributed by atoms with Crippen molar-refractivity contribution in [2.24, 2.45) is 5.41 Å². The molecule has 0 aliphatic rings. The first-order chi connectivity index (χ1) is 9.46. The lowest BCUT2D eigenvalue weighted by atomic mass is 9.93. The van der Waals surface area contributed by atoms with Gasteiger partial charge in [-0.2, -0.15) is 4.80 Å². The Balaban J connectivity index is 2.02. The zero-order chi connectivity index (χ0) is 14.6. The lowest BCUT2D eigenvalue weighted by Crippen LogP contribution is -2.37. The smallest absolute Gasteiger partial charge is 0.204 e. The minimum Gasteiger partial charge on any atom is -0.314 e. The van der Waals surface area contributed by atoms with Gasteiger partial charge in [-0.15, -0.1) is 10.2 Å². The van der Waals surface area contributed by atoms with Gasteiger partial charge in [-0.1, -0.05) is 58.0 Å². The van der Waals surface area contributed by atoms with Crippen molar-refractivity contribution in [3.05, 3.63) is 30.3 Å². The second kappa shape index (κ2) is 6.13. The number of tetrazole rings is 1. The number of benzene rings is 1.